The van der Waals surface area contributed by atoms with Crippen LogP contribution in [0.15, 0.2) is 12.2 Å². The molecule has 0 N–H and O–H groups in total. The van der Waals surface area contributed by atoms with Crippen LogP contribution in [0.4, 0.5) is 0 Å². The summed E-state index contributed by atoms with van der Waals surface area (Å²) < 4.78 is 0. The summed E-state index contributed by atoms with van der Waals surface area (Å²) in [6.07, 6.45) is 5.62. The lowest BCUT2D eigenvalue weighted by Gasteiger charge is -2.21. The van der Waals surface area contributed by atoms with Crippen LogP contribution in [0.3, 0.4) is 0 Å². The number of alkyl halides is 1. The Hall–Kier alpha value is -0.0100. The molecule has 0 bridgehead atoms. The van der Waals surface area contributed by atoms with Crippen LogP contribution in [0.1, 0.15) is 6.42 Å². The first-order valence-corrected chi connectivity index (χ1v) is 3.90. The number of hydrogen-bond donors (Lipinski definition) is 0. The number of rotatable bonds is 2. The Morgan fingerprint density at radius 1 is 1.44 bits per heavy atom. The molecule has 0 atom stereocenters. The van der Waals surface area contributed by atoms with E-state index in [2.05, 4.69) is 17.1 Å². The summed E-state index contributed by atoms with van der Waals surface area (Å²) in [5.41, 5.74) is 0. The highest BCUT2D eigenvalue weighted by molar-refractivity contribution is 6.18. The third-order valence-electron chi connectivity index (χ3n) is 1.54. The lowest BCUT2D eigenvalue weighted by atomic mass is 10.2. The molecular weight excluding hydrogens is 134 g/mol. The van der Waals surface area contributed by atoms with Crippen molar-refractivity contribution in [2.75, 3.05) is 25.5 Å². The van der Waals surface area contributed by atoms with Crippen molar-refractivity contribution in [2.45, 2.75) is 6.42 Å². The van der Waals surface area contributed by atoms with Gasteiger partial charge in [0.05, 0.1) is 0 Å². The topological polar surface area (TPSA) is 3.24 Å². The first-order chi connectivity index (χ1) is 4.43. The molecular formula is C7H12ClN. The number of hydrogen-bond acceptors (Lipinski definition) is 1. The third-order valence-corrected chi connectivity index (χ3v) is 1.71. The van der Waals surface area contributed by atoms with Crippen molar-refractivity contribution in [3.63, 3.8) is 0 Å². The fourth-order valence-corrected chi connectivity index (χ4v) is 1.25. The second-order valence-corrected chi connectivity index (χ2v) is 2.63. The maximum absolute atomic E-state index is 5.57. The van der Waals surface area contributed by atoms with Gasteiger partial charge < -0.3 is 0 Å². The van der Waals surface area contributed by atoms with Crippen molar-refractivity contribution in [3.8, 4) is 0 Å². The van der Waals surface area contributed by atoms with Gasteiger partial charge in [-0.2, -0.15) is 0 Å². The summed E-state index contributed by atoms with van der Waals surface area (Å²) >= 11 is 5.57. The molecule has 0 saturated carbocycles. The van der Waals surface area contributed by atoms with Crippen LogP contribution >= 0.6 is 11.6 Å². The molecule has 1 rings (SSSR count). The lowest BCUT2D eigenvalue weighted by molar-refractivity contribution is 0.317. The second-order valence-electron chi connectivity index (χ2n) is 2.25. The molecule has 0 amide bonds. The summed E-state index contributed by atoms with van der Waals surface area (Å²) in [6, 6.07) is 0. The molecule has 1 heterocycles. The Balaban J connectivity index is 2.18. The predicted octanol–water partition coefficient (Wildman–Crippen LogP) is 1.49. The average Bonchev–Trinajstić information content (AvgIpc) is 1.91. The summed E-state index contributed by atoms with van der Waals surface area (Å²) in [6.45, 7) is 3.31. The second kappa shape index (κ2) is 3.91. The third kappa shape index (κ3) is 2.37. The summed E-state index contributed by atoms with van der Waals surface area (Å²) in [7, 11) is 0. The van der Waals surface area contributed by atoms with Crippen LogP contribution in [0, 0.1) is 0 Å². The van der Waals surface area contributed by atoms with Gasteiger partial charge in [-0.3, -0.25) is 4.90 Å². The molecule has 0 saturated heterocycles. The van der Waals surface area contributed by atoms with Crippen LogP contribution in [0.25, 0.3) is 0 Å². The SMILES string of the molecule is ClCCN1CC=CCC1. The minimum atomic E-state index is 0.758. The van der Waals surface area contributed by atoms with Gasteiger partial charge in [0.15, 0.2) is 0 Å². The quantitative estimate of drug-likeness (QED) is 0.421. The molecule has 0 unspecified atom stereocenters. The van der Waals surface area contributed by atoms with Gasteiger partial charge in [-0.25, -0.2) is 0 Å². The van der Waals surface area contributed by atoms with Gasteiger partial charge in [-0.05, 0) is 6.42 Å². The predicted molar refractivity (Wildman–Crippen MR) is 40.9 cm³/mol. The molecule has 52 valence electrons. The van der Waals surface area contributed by atoms with Crippen molar-refractivity contribution in [1.29, 1.82) is 0 Å². The van der Waals surface area contributed by atoms with Gasteiger partial charge in [-0.1, -0.05) is 12.2 Å². The van der Waals surface area contributed by atoms with E-state index in [9.17, 15) is 0 Å². The molecule has 0 aromatic carbocycles. The fourth-order valence-electron chi connectivity index (χ4n) is 1.01. The highest BCUT2D eigenvalue weighted by Crippen LogP contribution is 1.99. The molecule has 0 aliphatic carbocycles. The van der Waals surface area contributed by atoms with Crippen LogP contribution < -0.4 is 0 Å². The molecule has 0 aromatic rings. The average molecular weight is 146 g/mol. The van der Waals surface area contributed by atoms with Gasteiger partial charge in [-0.15, -0.1) is 11.6 Å². The molecule has 2 heteroatoms. The molecule has 0 aromatic heterocycles. The van der Waals surface area contributed by atoms with Gasteiger partial charge in [0.2, 0.25) is 0 Å². The minimum absolute atomic E-state index is 0.758. The van der Waals surface area contributed by atoms with Gasteiger partial charge in [0, 0.05) is 25.5 Å². The maximum Gasteiger partial charge on any atom is 0.0351 e. The Morgan fingerprint density at radius 2 is 2.33 bits per heavy atom. The van der Waals surface area contributed by atoms with E-state index in [4.69, 9.17) is 11.6 Å². The minimum Gasteiger partial charge on any atom is -0.298 e. The Bertz CT molecular complexity index is 101. The zero-order valence-corrected chi connectivity index (χ0v) is 6.27. The van der Waals surface area contributed by atoms with Gasteiger partial charge in [0.25, 0.3) is 0 Å². The largest absolute Gasteiger partial charge is 0.298 e. The molecule has 1 aliphatic rings. The van der Waals surface area contributed by atoms with Crippen LogP contribution in [-0.2, 0) is 0 Å². The molecule has 0 radical (unpaired) electrons. The smallest absolute Gasteiger partial charge is 0.0351 e. The van der Waals surface area contributed by atoms with E-state index in [0.717, 1.165) is 19.0 Å². The Labute approximate surface area is 61.3 Å². The van der Waals surface area contributed by atoms with Crippen molar-refractivity contribution in [1.82, 2.24) is 4.90 Å². The van der Waals surface area contributed by atoms with E-state index in [-0.39, 0.29) is 0 Å². The van der Waals surface area contributed by atoms with Crippen LogP contribution in [0.5, 0.6) is 0 Å². The van der Waals surface area contributed by atoms with E-state index in [1.54, 1.807) is 0 Å². The Kier molecular flexibility index (Phi) is 3.09. The maximum atomic E-state index is 5.57. The zero-order chi connectivity index (χ0) is 6.53. The van der Waals surface area contributed by atoms with Crippen molar-refractivity contribution in [2.24, 2.45) is 0 Å². The normalized spacial score (nSPS) is 20.6. The molecule has 0 fully saturated rings. The van der Waals surface area contributed by atoms with Crippen LogP contribution in [0.2, 0.25) is 0 Å². The molecule has 0 spiro atoms. The number of halogens is 1. The lowest BCUT2D eigenvalue weighted by Crippen LogP contribution is -2.28. The first-order valence-electron chi connectivity index (χ1n) is 3.37. The van der Waals surface area contributed by atoms with E-state index in [1.807, 2.05) is 0 Å². The summed E-state index contributed by atoms with van der Waals surface area (Å²) in [5.74, 6) is 0.758. The summed E-state index contributed by atoms with van der Waals surface area (Å²) in [5, 5.41) is 0. The van der Waals surface area contributed by atoms with E-state index in [1.165, 1.54) is 13.0 Å². The zero-order valence-electron chi connectivity index (χ0n) is 5.52. The monoisotopic (exact) mass is 145 g/mol. The van der Waals surface area contributed by atoms with Crippen LogP contribution in [-0.4, -0.2) is 30.4 Å². The highest BCUT2D eigenvalue weighted by Gasteiger charge is 2.02. The van der Waals surface area contributed by atoms with E-state index in [0.29, 0.717) is 0 Å². The fraction of sp³-hybridized carbons (Fsp3) is 0.714. The standard InChI is InChI=1S/C7H12ClN/c8-4-7-9-5-2-1-3-6-9/h1-2H,3-7H2. The van der Waals surface area contributed by atoms with E-state index >= 15 is 0 Å². The number of nitrogens with zero attached hydrogens (tertiary/aromatic N) is 1. The Morgan fingerprint density at radius 3 is 2.89 bits per heavy atom. The van der Waals surface area contributed by atoms with Crippen molar-refractivity contribution in [3.05, 3.63) is 12.2 Å². The summed E-state index contributed by atoms with van der Waals surface area (Å²) in [4.78, 5) is 2.35. The molecule has 1 aliphatic heterocycles. The molecule has 1 nitrogen and oxygen atoms in total. The highest BCUT2D eigenvalue weighted by atomic mass is 35.5. The van der Waals surface area contributed by atoms with Gasteiger partial charge >= 0.3 is 0 Å². The van der Waals surface area contributed by atoms with Crippen molar-refractivity contribution < 1.29 is 0 Å². The first kappa shape index (κ1) is 7.10. The van der Waals surface area contributed by atoms with Gasteiger partial charge in [0.1, 0.15) is 0 Å². The van der Waals surface area contributed by atoms with Crippen molar-refractivity contribution >= 4 is 11.6 Å². The van der Waals surface area contributed by atoms with E-state index < -0.39 is 0 Å². The molecule has 9 heavy (non-hydrogen) atoms.